The third-order valence-corrected chi connectivity index (χ3v) is 2.21. The van der Waals surface area contributed by atoms with E-state index in [2.05, 4.69) is 10.4 Å². The molecule has 0 atom stereocenters. The summed E-state index contributed by atoms with van der Waals surface area (Å²) in [5.41, 5.74) is 1.11. The Hall–Kier alpha value is -2.10. The molecule has 0 aliphatic carbocycles. The number of nitrogens with zero attached hydrogens (tertiary/aromatic N) is 2. The minimum absolute atomic E-state index is 0.135. The predicted molar refractivity (Wildman–Crippen MR) is 64.1 cm³/mol. The molecule has 4 heteroatoms. The van der Waals surface area contributed by atoms with Crippen LogP contribution in [0.25, 0.3) is 6.08 Å². The molecule has 1 N–H and O–H groups in total. The first-order valence-corrected chi connectivity index (χ1v) is 5.17. The molecule has 1 aromatic carbocycles. The number of urea groups is 1. The lowest BCUT2D eigenvalue weighted by Gasteiger charge is -2.03. The molecule has 2 rings (SSSR count). The Balaban J connectivity index is 1.89. The molecule has 4 nitrogen and oxygen atoms in total. The van der Waals surface area contributed by atoms with Crippen LogP contribution in [0.4, 0.5) is 4.79 Å². The Morgan fingerprint density at radius 3 is 2.81 bits per heavy atom. The molecule has 1 fully saturated rings. The Kier molecular flexibility index (Phi) is 3.33. The molecular weight excluding hydrogens is 202 g/mol. The number of hydrazone groups is 1. The smallest absolute Gasteiger partial charge is 0.335 e. The van der Waals surface area contributed by atoms with E-state index in [1.165, 1.54) is 5.01 Å². The fraction of sp³-hybridized carbons (Fsp3) is 0.167. The molecule has 0 spiro atoms. The number of carbonyl (C=O) groups is 1. The van der Waals surface area contributed by atoms with E-state index in [1.807, 2.05) is 42.5 Å². The van der Waals surface area contributed by atoms with Gasteiger partial charge in [-0.15, -0.1) is 0 Å². The maximum atomic E-state index is 11.1. The highest BCUT2D eigenvalue weighted by molar-refractivity contribution is 5.81. The number of hydrogen-bond acceptors (Lipinski definition) is 2. The van der Waals surface area contributed by atoms with Crippen LogP contribution in [0.2, 0.25) is 0 Å². The Labute approximate surface area is 94.3 Å². The first-order chi connectivity index (χ1) is 7.86. The van der Waals surface area contributed by atoms with Gasteiger partial charge in [0.25, 0.3) is 0 Å². The van der Waals surface area contributed by atoms with E-state index in [0.717, 1.165) is 5.56 Å². The SMILES string of the molecule is O=C1NCCN1/N=C/C=C/c1ccccc1. The average Bonchev–Trinajstić information content (AvgIpc) is 2.72. The third-order valence-electron chi connectivity index (χ3n) is 2.21. The third kappa shape index (κ3) is 2.70. The van der Waals surface area contributed by atoms with Gasteiger partial charge in [0.15, 0.2) is 0 Å². The molecule has 1 aromatic rings. The summed E-state index contributed by atoms with van der Waals surface area (Å²) in [5, 5.41) is 8.12. The molecule has 1 saturated heterocycles. The fourth-order valence-electron chi connectivity index (χ4n) is 1.41. The summed E-state index contributed by atoms with van der Waals surface area (Å²) in [5.74, 6) is 0. The lowest BCUT2D eigenvalue weighted by molar-refractivity contribution is 0.219. The van der Waals surface area contributed by atoms with Gasteiger partial charge in [0.1, 0.15) is 0 Å². The van der Waals surface area contributed by atoms with Gasteiger partial charge in [-0.2, -0.15) is 5.10 Å². The van der Waals surface area contributed by atoms with E-state index < -0.39 is 0 Å². The first kappa shape index (κ1) is 10.4. The molecule has 0 unspecified atom stereocenters. The highest BCUT2D eigenvalue weighted by Crippen LogP contribution is 2.00. The van der Waals surface area contributed by atoms with Gasteiger partial charge in [-0.25, -0.2) is 9.80 Å². The highest BCUT2D eigenvalue weighted by Gasteiger charge is 2.17. The molecule has 0 aromatic heterocycles. The van der Waals surface area contributed by atoms with Crippen LogP contribution in [0.1, 0.15) is 5.56 Å². The Morgan fingerprint density at radius 2 is 2.12 bits per heavy atom. The number of rotatable bonds is 3. The molecule has 0 saturated carbocycles. The minimum Gasteiger partial charge on any atom is -0.335 e. The second-order valence-electron chi connectivity index (χ2n) is 3.39. The van der Waals surface area contributed by atoms with Crippen LogP contribution in [-0.2, 0) is 0 Å². The maximum Gasteiger partial charge on any atom is 0.337 e. The van der Waals surface area contributed by atoms with E-state index in [4.69, 9.17) is 0 Å². The molecule has 16 heavy (non-hydrogen) atoms. The van der Waals surface area contributed by atoms with Crippen LogP contribution in [0.15, 0.2) is 41.5 Å². The summed E-state index contributed by atoms with van der Waals surface area (Å²) in [6, 6.07) is 9.80. The van der Waals surface area contributed by atoms with Gasteiger partial charge in [0.05, 0.1) is 6.54 Å². The standard InChI is InChI=1S/C12H13N3O/c16-12-13-9-10-15(12)14-8-4-7-11-5-2-1-3-6-11/h1-8H,9-10H2,(H,13,16)/b7-4+,14-8+. The van der Waals surface area contributed by atoms with Gasteiger partial charge < -0.3 is 5.32 Å². The van der Waals surface area contributed by atoms with Crippen molar-refractivity contribution in [3.8, 4) is 0 Å². The summed E-state index contributed by atoms with van der Waals surface area (Å²) < 4.78 is 0. The van der Waals surface area contributed by atoms with Gasteiger partial charge in [-0.1, -0.05) is 36.4 Å². The molecule has 2 amide bonds. The van der Waals surface area contributed by atoms with Crippen molar-refractivity contribution in [1.82, 2.24) is 10.3 Å². The van der Waals surface area contributed by atoms with Crippen molar-refractivity contribution in [3.05, 3.63) is 42.0 Å². The Bertz CT molecular complexity index is 412. The van der Waals surface area contributed by atoms with Crippen molar-refractivity contribution in [3.63, 3.8) is 0 Å². The van der Waals surface area contributed by atoms with Crippen LogP contribution >= 0.6 is 0 Å². The molecule has 0 bridgehead atoms. The van der Waals surface area contributed by atoms with Gasteiger partial charge >= 0.3 is 6.03 Å². The van der Waals surface area contributed by atoms with Crippen LogP contribution < -0.4 is 5.32 Å². The summed E-state index contributed by atoms with van der Waals surface area (Å²) in [7, 11) is 0. The number of nitrogens with one attached hydrogen (secondary N) is 1. The van der Waals surface area contributed by atoms with Crippen LogP contribution in [0, 0.1) is 0 Å². The van der Waals surface area contributed by atoms with Gasteiger partial charge in [-0.3, -0.25) is 0 Å². The van der Waals surface area contributed by atoms with E-state index in [-0.39, 0.29) is 6.03 Å². The molecule has 1 heterocycles. The van der Waals surface area contributed by atoms with Crippen molar-refractivity contribution in [1.29, 1.82) is 0 Å². The zero-order chi connectivity index (χ0) is 11.2. The van der Waals surface area contributed by atoms with Gasteiger partial charge in [0.2, 0.25) is 0 Å². The fourth-order valence-corrected chi connectivity index (χ4v) is 1.41. The van der Waals surface area contributed by atoms with Crippen molar-refractivity contribution in [2.24, 2.45) is 5.10 Å². The molecular formula is C12H13N3O. The lowest BCUT2D eigenvalue weighted by atomic mass is 10.2. The quantitative estimate of drug-likeness (QED) is 0.766. The second-order valence-corrected chi connectivity index (χ2v) is 3.39. The van der Waals surface area contributed by atoms with Crippen LogP contribution in [-0.4, -0.2) is 30.3 Å². The zero-order valence-electron chi connectivity index (χ0n) is 8.84. The van der Waals surface area contributed by atoms with E-state index in [0.29, 0.717) is 13.1 Å². The highest BCUT2D eigenvalue weighted by atomic mass is 16.2. The second kappa shape index (κ2) is 5.11. The summed E-state index contributed by atoms with van der Waals surface area (Å²) in [4.78, 5) is 11.1. The van der Waals surface area contributed by atoms with Crippen LogP contribution in [0.5, 0.6) is 0 Å². The summed E-state index contributed by atoms with van der Waals surface area (Å²) >= 11 is 0. The molecule has 0 radical (unpaired) electrons. The first-order valence-electron chi connectivity index (χ1n) is 5.17. The zero-order valence-corrected chi connectivity index (χ0v) is 8.84. The number of carbonyl (C=O) groups excluding carboxylic acids is 1. The minimum atomic E-state index is -0.135. The van der Waals surface area contributed by atoms with Crippen LogP contribution in [0.3, 0.4) is 0 Å². The van der Waals surface area contributed by atoms with Crippen molar-refractivity contribution in [2.45, 2.75) is 0 Å². The molecule has 1 aliphatic rings. The molecule has 82 valence electrons. The largest absolute Gasteiger partial charge is 0.337 e. The van der Waals surface area contributed by atoms with E-state index in [9.17, 15) is 4.79 Å². The van der Waals surface area contributed by atoms with E-state index >= 15 is 0 Å². The summed E-state index contributed by atoms with van der Waals surface area (Å²) in [6.45, 7) is 1.30. The number of hydrogen-bond donors (Lipinski definition) is 1. The maximum absolute atomic E-state index is 11.1. The number of amides is 2. The number of benzene rings is 1. The monoisotopic (exact) mass is 215 g/mol. The van der Waals surface area contributed by atoms with Gasteiger partial charge in [-0.05, 0) is 11.6 Å². The predicted octanol–water partition coefficient (Wildman–Crippen LogP) is 1.71. The topological polar surface area (TPSA) is 44.7 Å². The van der Waals surface area contributed by atoms with E-state index in [1.54, 1.807) is 6.21 Å². The molecule has 1 aliphatic heterocycles. The average molecular weight is 215 g/mol. The van der Waals surface area contributed by atoms with Crippen molar-refractivity contribution < 1.29 is 4.79 Å². The summed E-state index contributed by atoms with van der Waals surface area (Å²) in [6.07, 6.45) is 5.39. The van der Waals surface area contributed by atoms with Gasteiger partial charge in [0, 0.05) is 12.8 Å². The Morgan fingerprint density at radius 1 is 1.31 bits per heavy atom. The lowest BCUT2D eigenvalue weighted by Crippen LogP contribution is -2.22. The number of allylic oxidation sites excluding steroid dienone is 1. The van der Waals surface area contributed by atoms with Crippen molar-refractivity contribution >= 4 is 18.3 Å². The normalized spacial score (nSPS) is 16.2. The van der Waals surface area contributed by atoms with Crippen molar-refractivity contribution in [2.75, 3.05) is 13.1 Å².